The SMILES string of the molecule is NCC(Cc1ccccc1)(c1cccc(OC(F)(F)F)c1)c1cccc(OC(F)(F)F)c1.O=C(Cl)Oc1ccc([N+](=O)[O-])cc1.O=C(NCC(Cc1ccccc1)(c1cccc(OC(F)(F)F)c1)c1cccc(OC(F)(F)F)c1)Oc1ccc([N+](=O)[O-])cc1. The van der Waals surface area contributed by atoms with E-state index >= 15 is 0 Å². The van der Waals surface area contributed by atoms with Gasteiger partial charge >= 0.3 is 37.0 Å². The molecular weight excluding hydrogens is 1230 g/mol. The Morgan fingerprint density at radius 2 is 0.719 bits per heavy atom. The van der Waals surface area contributed by atoms with Gasteiger partial charge in [-0.2, -0.15) is 0 Å². The molecule has 0 unspecified atom stereocenters. The van der Waals surface area contributed by atoms with E-state index in [4.69, 9.17) is 22.1 Å². The average Bonchev–Trinajstić information content (AvgIpc) is 0.891. The molecule has 3 N–H and O–H groups in total. The second-order valence-electron chi connectivity index (χ2n) is 18.6. The number of carbonyl (C=O) groups excluding carboxylic acids is 2. The van der Waals surface area contributed by atoms with Crippen molar-refractivity contribution in [3.05, 3.63) is 260 Å². The summed E-state index contributed by atoms with van der Waals surface area (Å²) < 4.78 is 181. The monoisotopic (exact) mass is 1280 g/mol. The van der Waals surface area contributed by atoms with E-state index in [1.165, 1.54) is 84.9 Å². The highest BCUT2D eigenvalue weighted by Gasteiger charge is 2.40. The Bertz CT molecular complexity index is 3540. The van der Waals surface area contributed by atoms with Crippen LogP contribution in [-0.2, 0) is 23.7 Å². The molecule has 0 fully saturated rings. The highest BCUT2D eigenvalue weighted by Crippen LogP contribution is 2.42. The van der Waals surface area contributed by atoms with Crippen LogP contribution in [0.5, 0.6) is 34.5 Å². The molecule has 8 rings (SSSR count). The van der Waals surface area contributed by atoms with Crippen molar-refractivity contribution in [1.82, 2.24) is 5.32 Å². The van der Waals surface area contributed by atoms with Crippen molar-refractivity contribution < 1.29 is 101 Å². The highest BCUT2D eigenvalue weighted by atomic mass is 35.5. The van der Waals surface area contributed by atoms with Crippen LogP contribution in [-0.4, -0.2) is 59.9 Å². The van der Waals surface area contributed by atoms with Gasteiger partial charge in [0.25, 0.3) is 11.4 Å². The minimum absolute atomic E-state index is 0.0173. The van der Waals surface area contributed by atoms with Gasteiger partial charge in [0.2, 0.25) is 0 Å². The summed E-state index contributed by atoms with van der Waals surface area (Å²) in [5, 5.41) is 23.7. The van der Waals surface area contributed by atoms with Crippen LogP contribution in [0.1, 0.15) is 33.4 Å². The van der Waals surface area contributed by atoms with Crippen molar-refractivity contribution in [2.45, 2.75) is 49.1 Å². The third kappa shape index (κ3) is 21.4. The van der Waals surface area contributed by atoms with Gasteiger partial charge in [-0.1, -0.05) is 109 Å². The maximum atomic E-state index is 13.1. The zero-order valence-electron chi connectivity index (χ0n) is 45.2. The number of non-ortho nitro benzene ring substituents is 2. The minimum atomic E-state index is -5.03. The first-order chi connectivity index (χ1) is 41.8. The molecule has 0 aliphatic heterocycles. The quantitative estimate of drug-likeness (QED) is 0.0334. The summed E-state index contributed by atoms with van der Waals surface area (Å²) in [5.41, 5.74) is 4.63. The summed E-state index contributed by atoms with van der Waals surface area (Å²) in [6, 6.07) is 47.4. The van der Waals surface area contributed by atoms with Gasteiger partial charge in [-0.25, -0.2) is 9.59 Å². The molecular formula is C60H45ClF12N4O12. The maximum absolute atomic E-state index is 13.1. The number of hydrogen-bond acceptors (Lipinski definition) is 13. The van der Waals surface area contributed by atoms with Gasteiger partial charge in [-0.3, -0.25) is 20.2 Å². The lowest BCUT2D eigenvalue weighted by atomic mass is 9.70. The van der Waals surface area contributed by atoms with Crippen molar-refractivity contribution in [1.29, 1.82) is 0 Å². The largest absolute Gasteiger partial charge is 0.573 e. The summed E-state index contributed by atoms with van der Waals surface area (Å²) in [7, 11) is 0. The zero-order chi connectivity index (χ0) is 65.2. The molecule has 8 aromatic rings. The fraction of sp³-hybridized carbons (Fsp3) is 0.167. The van der Waals surface area contributed by atoms with Gasteiger partial charge in [0.1, 0.15) is 34.5 Å². The third-order valence-electron chi connectivity index (χ3n) is 12.6. The van der Waals surface area contributed by atoms with Gasteiger partial charge in [0.05, 0.1) is 9.85 Å². The van der Waals surface area contributed by atoms with Gasteiger partial charge in [0.15, 0.2) is 0 Å². The molecule has 0 aliphatic rings. The first kappa shape index (κ1) is 68.0. The number of ether oxygens (including phenoxy) is 6. The highest BCUT2D eigenvalue weighted by molar-refractivity contribution is 6.61. The average molecular weight is 1280 g/mol. The number of nitro benzene ring substituents is 2. The minimum Gasteiger partial charge on any atom is -0.414 e. The molecule has 8 aromatic carbocycles. The number of nitrogens with zero attached hydrogens (tertiary/aromatic N) is 2. The normalized spacial score (nSPS) is 11.7. The Balaban J connectivity index is 0.000000243. The Labute approximate surface area is 501 Å². The third-order valence-corrected chi connectivity index (χ3v) is 12.6. The molecule has 0 heterocycles. The molecule has 0 saturated carbocycles. The number of amides is 1. The second kappa shape index (κ2) is 29.5. The predicted octanol–water partition coefficient (Wildman–Crippen LogP) is 16.0. The van der Waals surface area contributed by atoms with Crippen LogP contribution in [0.25, 0.3) is 0 Å². The number of hydrogen-bond donors (Lipinski definition) is 2. The molecule has 29 heteroatoms. The summed E-state index contributed by atoms with van der Waals surface area (Å²) in [4.78, 5) is 43.1. The second-order valence-corrected chi connectivity index (χ2v) is 18.9. The fourth-order valence-corrected chi connectivity index (χ4v) is 8.99. The number of carbonyl (C=O) groups is 2. The van der Waals surface area contributed by atoms with Gasteiger partial charge in [-0.05, 0) is 119 Å². The van der Waals surface area contributed by atoms with Crippen molar-refractivity contribution >= 4 is 34.5 Å². The van der Waals surface area contributed by atoms with Crippen LogP contribution < -0.4 is 39.5 Å². The molecule has 89 heavy (non-hydrogen) atoms. The van der Waals surface area contributed by atoms with E-state index in [0.717, 1.165) is 54.1 Å². The predicted molar refractivity (Wildman–Crippen MR) is 296 cm³/mol. The summed E-state index contributed by atoms with van der Waals surface area (Å²) in [6.45, 7) is -0.495. The molecule has 0 saturated heterocycles. The molecule has 468 valence electrons. The first-order valence-electron chi connectivity index (χ1n) is 25.4. The van der Waals surface area contributed by atoms with E-state index in [2.05, 4.69) is 29.0 Å². The van der Waals surface area contributed by atoms with E-state index in [0.29, 0.717) is 16.7 Å². The molecule has 0 aromatic heterocycles. The number of alkyl halides is 12. The van der Waals surface area contributed by atoms with Crippen molar-refractivity contribution in [3.8, 4) is 34.5 Å². The maximum Gasteiger partial charge on any atom is 0.573 e. The number of nitrogens with two attached hydrogens (primary N) is 1. The van der Waals surface area contributed by atoms with Gasteiger partial charge in [-0.15, -0.1) is 52.7 Å². The summed E-state index contributed by atoms with van der Waals surface area (Å²) in [6.07, 6.45) is -20.7. The number of rotatable bonds is 19. The Kier molecular flexibility index (Phi) is 22.6. The molecule has 0 radical (unpaired) electrons. The standard InChI is InChI=1S/C30H22F6N2O6.C23H19F6NO2.C7H4ClNO4/c31-29(32,33)43-25-10-4-8-21(16-25)28(18-20-6-2-1-3-7-20,22-9-5-11-26(17-22)44-30(34,35)36)19-37-27(39)42-24-14-12-23(13-15-24)38(40)41;24-22(25,26)31-19-10-4-8-17(12-19)21(15-30,14-16-6-2-1-3-7-16)18-9-5-11-20(13-18)32-23(27,28)29;8-7(10)13-6-3-1-5(2-4-6)9(11)12/h1-17H,18-19H2,(H,37,39);1-13H,14-15,30H2;1-4H. The van der Waals surface area contributed by atoms with E-state index in [9.17, 15) is 82.5 Å². The zero-order valence-corrected chi connectivity index (χ0v) is 46.0. The van der Waals surface area contributed by atoms with E-state index in [-0.39, 0.29) is 53.4 Å². The lowest BCUT2D eigenvalue weighted by Crippen LogP contribution is -2.44. The van der Waals surface area contributed by atoms with Crippen LogP contribution in [0.2, 0.25) is 0 Å². The lowest BCUT2D eigenvalue weighted by Gasteiger charge is -2.36. The van der Waals surface area contributed by atoms with Crippen LogP contribution in [0.3, 0.4) is 0 Å². The van der Waals surface area contributed by atoms with Gasteiger partial charge < -0.3 is 39.5 Å². The number of nitrogens with one attached hydrogen (secondary N) is 1. The molecule has 1 amide bonds. The Hall–Kier alpha value is -10.1. The number of halogens is 13. The van der Waals surface area contributed by atoms with Crippen LogP contribution in [0.4, 0.5) is 73.6 Å². The first-order valence-corrected chi connectivity index (χ1v) is 25.8. The van der Waals surface area contributed by atoms with Crippen LogP contribution >= 0.6 is 11.6 Å². The summed E-state index contributed by atoms with van der Waals surface area (Å²) in [5.74, 6) is -1.98. The van der Waals surface area contributed by atoms with Gasteiger partial charge in [0, 0.05) is 59.8 Å². The molecule has 0 atom stereocenters. The molecule has 0 spiro atoms. The Morgan fingerprint density at radius 1 is 0.416 bits per heavy atom. The molecule has 0 bridgehead atoms. The molecule has 0 aliphatic carbocycles. The van der Waals surface area contributed by atoms with E-state index in [1.54, 1.807) is 72.8 Å². The van der Waals surface area contributed by atoms with E-state index in [1.807, 2.05) is 0 Å². The van der Waals surface area contributed by atoms with Crippen molar-refractivity contribution in [2.75, 3.05) is 13.1 Å². The summed E-state index contributed by atoms with van der Waals surface area (Å²) >= 11 is 4.92. The van der Waals surface area contributed by atoms with Crippen LogP contribution in [0, 0.1) is 20.2 Å². The van der Waals surface area contributed by atoms with E-state index < -0.39 is 87.2 Å². The topological polar surface area (TPSA) is 214 Å². The van der Waals surface area contributed by atoms with Crippen LogP contribution in [0.15, 0.2) is 206 Å². The lowest BCUT2D eigenvalue weighted by molar-refractivity contribution is -0.385. The number of benzene rings is 8. The fourth-order valence-electron chi connectivity index (χ4n) is 8.90. The Morgan fingerprint density at radius 3 is 1.01 bits per heavy atom. The number of nitro groups is 2. The van der Waals surface area contributed by atoms with Crippen molar-refractivity contribution in [3.63, 3.8) is 0 Å². The smallest absolute Gasteiger partial charge is 0.414 e. The molecule has 16 nitrogen and oxygen atoms in total. The van der Waals surface area contributed by atoms with Crippen molar-refractivity contribution in [2.24, 2.45) is 5.73 Å².